The predicted octanol–water partition coefficient (Wildman–Crippen LogP) is 3.07. The van der Waals surface area contributed by atoms with E-state index in [2.05, 4.69) is 9.88 Å². The summed E-state index contributed by atoms with van der Waals surface area (Å²) in [4.78, 5) is 27.3. The Labute approximate surface area is 138 Å². The molecule has 0 bridgehead atoms. The zero-order valence-electron chi connectivity index (χ0n) is 13.0. The summed E-state index contributed by atoms with van der Waals surface area (Å²) in [6, 6.07) is 10.2. The zero-order valence-corrected chi connectivity index (χ0v) is 13.0. The van der Waals surface area contributed by atoms with E-state index in [0.29, 0.717) is 5.56 Å². The van der Waals surface area contributed by atoms with E-state index in [-0.39, 0.29) is 11.7 Å². The predicted molar refractivity (Wildman–Crippen MR) is 88.5 cm³/mol. The molecule has 1 unspecified atom stereocenters. The van der Waals surface area contributed by atoms with Gasteiger partial charge in [0.1, 0.15) is 0 Å². The zero-order chi connectivity index (χ0) is 17.1. The molecule has 0 saturated carbocycles. The van der Waals surface area contributed by atoms with E-state index in [1.54, 1.807) is 24.3 Å². The van der Waals surface area contributed by atoms with Crippen LogP contribution in [0.15, 0.2) is 42.6 Å². The standard InChI is InChI=1S/C17H17N3O4/c21-17(22)13-4-1-3-12(9-13)14-5-2-8-19(11-14)15-6-7-16(18-10-15)20(23)24/h1,3-4,6-7,9-10,14H,2,5,8,11H2,(H,21,22). The smallest absolute Gasteiger partial charge is 0.363 e. The lowest BCUT2D eigenvalue weighted by Gasteiger charge is -2.34. The normalized spacial score (nSPS) is 17.5. The lowest BCUT2D eigenvalue weighted by atomic mass is 9.89. The molecule has 1 aliphatic rings. The third-order valence-corrected chi connectivity index (χ3v) is 4.31. The second-order valence-electron chi connectivity index (χ2n) is 5.85. The van der Waals surface area contributed by atoms with Crippen molar-refractivity contribution in [1.29, 1.82) is 0 Å². The third-order valence-electron chi connectivity index (χ3n) is 4.31. The van der Waals surface area contributed by atoms with Crippen LogP contribution in [0.4, 0.5) is 11.5 Å². The van der Waals surface area contributed by atoms with Crippen LogP contribution in [0.5, 0.6) is 0 Å². The number of hydrogen-bond acceptors (Lipinski definition) is 5. The summed E-state index contributed by atoms with van der Waals surface area (Å²) in [7, 11) is 0. The molecule has 0 spiro atoms. The largest absolute Gasteiger partial charge is 0.478 e. The van der Waals surface area contributed by atoms with Crippen LogP contribution >= 0.6 is 0 Å². The Hall–Kier alpha value is -2.96. The van der Waals surface area contributed by atoms with Crippen molar-refractivity contribution in [2.24, 2.45) is 0 Å². The first-order chi connectivity index (χ1) is 11.5. The Kier molecular flexibility index (Phi) is 4.41. The van der Waals surface area contributed by atoms with E-state index >= 15 is 0 Å². The molecular formula is C17H17N3O4. The summed E-state index contributed by atoms with van der Waals surface area (Å²) in [5.41, 5.74) is 2.15. The van der Waals surface area contributed by atoms with Crippen molar-refractivity contribution < 1.29 is 14.8 Å². The Balaban J connectivity index is 1.78. The molecule has 2 aromatic rings. The Morgan fingerprint density at radius 3 is 2.83 bits per heavy atom. The van der Waals surface area contributed by atoms with Gasteiger partial charge in [0.15, 0.2) is 6.20 Å². The molecule has 24 heavy (non-hydrogen) atoms. The van der Waals surface area contributed by atoms with Gasteiger partial charge in [-0.05, 0) is 46.5 Å². The van der Waals surface area contributed by atoms with Crippen LogP contribution in [0.3, 0.4) is 0 Å². The van der Waals surface area contributed by atoms with Crippen molar-refractivity contribution >= 4 is 17.5 Å². The summed E-state index contributed by atoms with van der Waals surface area (Å²) in [6.07, 6.45) is 3.48. The van der Waals surface area contributed by atoms with Crippen molar-refractivity contribution in [3.63, 3.8) is 0 Å². The highest BCUT2D eigenvalue weighted by Gasteiger charge is 2.23. The van der Waals surface area contributed by atoms with Crippen molar-refractivity contribution in [2.45, 2.75) is 18.8 Å². The molecule has 1 aromatic carbocycles. The Morgan fingerprint density at radius 1 is 1.33 bits per heavy atom. The van der Waals surface area contributed by atoms with Crippen LogP contribution in [0.2, 0.25) is 0 Å². The van der Waals surface area contributed by atoms with Crippen LogP contribution in [0.1, 0.15) is 34.7 Å². The number of pyridine rings is 1. The van der Waals surface area contributed by atoms with Crippen LogP contribution in [0.25, 0.3) is 0 Å². The first-order valence-electron chi connectivity index (χ1n) is 7.73. The van der Waals surface area contributed by atoms with Gasteiger partial charge < -0.3 is 20.1 Å². The summed E-state index contributed by atoms with van der Waals surface area (Å²) in [5, 5.41) is 19.8. The maximum Gasteiger partial charge on any atom is 0.363 e. The quantitative estimate of drug-likeness (QED) is 0.685. The van der Waals surface area contributed by atoms with E-state index in [4.69, 9.17) is 5.11 Å². The molecule has 2 heterocycles. The number of hydrogen-bond donors (Lipinski definition) is 1. The number of carboxylic acids is 1. The minimum atomic E-state index is -0.927. The second kappa shape index (κ2) is 6.66. The van der Waals surface area contributed by atoms with Gasteiger partial charge in [-0.25, -0.2) is 4.79 Å². The number of nitro groups is 1. The van der Waals surface area contributed by atoms with Crippen LogP contribution in [-0.2, 0) is 0 Å². The minimum Gasteiger partial charge on any atom is -0.478 e. The second-order valence-corrected chi connectivity index (χ2v) is 5.85. The molecule has 1 aromatic heterocycles. The van der Waals surface area contributed by atoms with E-state index in [9.17, 15) is 14.9 Å². The van der Waals surface area contributed by atoms with Crippen LogP contribution in [0, 0.1) is 10.1 Å². The molecular weight excluding hydrogens is 310 g/mol. The highest BCUT2D eigenvalue weighted by molar-refractivity contribution is 5.87. The summed E-state index contributed by atoms with van der Waals surface area (Å²) < 4.78 is 0. The lowest BCUT2D eigenvalue weighted by Crippen LogP contribution is -2.34. The Bertz CT molecular complexity index is 761. The van der Waals surface area contributed by atoms with Gasteiger partial charge in [0, 0.05) is 25.1 Å². The van der Waals surface area contributed by atoms with Crippen molar-refractivity contribution in [3.05, 3.63) is 63.8 Å². The molecule has 1 aliphatic heterocycles. The number of nitrogens with zero attached hydrogens (tertiary/aromatic N) is 3. The fourth-order valence-electron chi connectivity index (χ4n) is 3.08. The summed E-state index contributed by atoms with van der Waals surface area (Å²) in [6.45, 7) is 1.59. The molecule has 1 saturated heterocycles. The van der Waals surface area contributed by atoms with Gasteiger partial charge in [0.25, 0.3) is 0 Å². The van der Waals surface area contributed by atoms with Crippen LogP contribution < -0.4 is 4.90 Å². The highest BCUT2D eigenvalue weighted by Crippen LogP contribution is 2.30. The van der Waals surface area contributed by atoms with Gasteiger partial charge in [-0.1, -0.05) is 12.1 Å². The van der Waals surface area contributed by atoms with Gasteiger partial charge >= 0.3 is 11.8 Å². The number of carbonyl (C=O) groups is 1. The molecule has 0 radical (unpaired) electrons. The number of rotatable bonds is 4. The van der Waals surface area contributed by atoms with E-state index in [1.165, 1.54) is 12.3 Å². The molecule has 124 valence electrons. The van der Waals surface area contributed by atoms with E-state index in [1.807, 2.05) is 6.07 Å². The van der Waals surface area contributed by atoms with Gasteiger partial charge in [0.2, 0.25) is 0 Å². The first kappa shape index (κ1) is 15.9. The Morgan fingerprint density at radius 2 is 2.17 bits per heavy atom. The van der Waals surface area contributed by atoms with Gasteiger partial charge in [-0.3, -0.25) is 0 Å². The number of anilines is 1. The average Bonchev–Trinajstić information content (AvgIpc) is 2.62. The summed E-state index contributed by atoms with van der Waals surface area (Å²) >= 11 is 0. The molecule has 1 N–H and O–H groups in total. The molecule has 3 rings (SSSR count). The summed E-state index contributed by atoms with van der Waals surface area (Å²) in [5.74, 6) is -0.862. The fourth-order valence-corrected chi connectivity index (χ4v) is 3.08. The molecule has 7 heteroatoms. The SMILES string of the molecule is O=C(O)c1cccc(C2CCCN(c3ccc([N+](=O)[O-])nc3)C2)c1. The van der Waals surface area contributed by atoms with Crippen molar-refractivity contribution in [3.8, 4) is 0 Å². The maximum atomic E-state index is 11.1. The van der Waals surface area contributed by atoms with E-state index in [0.717, 1.165) is 37.2 Å². The van der Waals surface area contributed by atoms with Crippen molar-refractivity contribution in [1.82, 2.24) is 4.98 Å². The molecule has 1 atom stereocenters. The molecule has 0 aliphatic carbocycles. The fraction of sp³-hybridized carbons (Fsp3) is 0.294. The molecule has 7 nitrogen and oxygen atoms in total. The third kappa shape index (κ3) is 3.34. The molecule has 0 amide bonds. The number of piperidine rings is 1. The van der Waals surface area contributed by atoms with Crippen LogP contribution in [-0.4, -0.2) is 34.1 Å². The lowest BCUT2D eigenvalue weighted by molar-refractivity contribution is -0.389. The minimum absolute atomic E-state index is 0.165. The number of carboxylic acid groups (broad SMARTS) is 1. The average molecular weight is 327 g/mol. The maximum absolute atomic E-state index is 11.1. The molecule has 1 fully saturated rings. The monoisotopic (exact) mass is 327 g/mol. The van der Waals surface area contributed by atoms with Crippen molar-refractivity contribution in [2.75, 3.05) is 18.0 Å². The van der Waals surface area contributed by atoms with Gasteiger partial charge in [-0.15, -0.1) is 0 Å². The topological polar surface area (TPSA) is 96.6 Å². The van der Waals surface area contributed by atoms with Gasteiger partial charge in [-0.2, -0.15) is 0 Å². The number of benzene rings is 1. The van der Waals surface area contributed by atoms with E-state index < -0.39 is 10.9 Å². The number of aromatic carboxylic acids is 1. The first-order valence-corrected chi connectivity index (χ1v) is 7.73. The van der Waals surface area contributed by atoms with Gasteiger partial charge in [0.05, 0.1) is 11.3 Å². The number of aromatic nitrogens is 1. The highest BCUT2D eigenvalue weighted by atomic mass is 16.6.